The van der Waals surface area contributed by atoms with Gasteiger partial charge in [-0.25, -0.2) is 4.98 Å². The Morgan fingerprint density at radius 2 is 1.92 bits per heavy atom. The number of alkyl halides is 3. The average Bonchev–Trinajstić information content (AvgIpc) is 3.48. The number of carbonyl (C=O) groups is 1. The van der Waals surface area contributed by atoms with E-state index in [9.17, 15) is 18.0 Å². The van der Waals surface area contributed by atoms with Crippen LogP contribution in [0.25, 0.3) is 17.0 Å². The molecular formula is C28H29F3N6O. The summed E-state index contributed by atoms with van der Waals surface area (Å²) in [4.78, 5) is 24.5. The number of nitrogens with zero attached hydrogens (tertiary/aromatic N) is 5. The number of nitrogens with one attached hydrogen (secondary N) is 1. The van der Waals surface area contributed by atoms with Gasteiger partial charge in [-0.2, -0.15) is 18.3 Å². The number of amides is 1. The van der Waals surface area contributed by atoms with Gasteiger partial charge in [-0.1, -0.05) is 0 Å². The smallest absolute Gasteiger partial charge is 0.382 e. The molecule has 0 radical (unpaired) electrons. The van der Waals surface area contributed by atoms with Gasteiger partial charge < -0.3 is 5.32 Å². The van der Waals surface area contributed by atoms with Crippen molar-refractivity contribution in [2.75, 3.05) is 4.90 Å². The predicted octanol–water partition coefficient (Wildman–Crippen LogP) is 5.75. The number of fused-ring (bicyclic) bond motifs is 1. The molecule has 198 valence electrons. The number of allylic oxidation sites excluding steroid dienone is 1. The second-order valence-electron chi connectivity index (χ2n) is 11.0. The molecule has 3 aromatic heterocycles. The van der Waals surface area contributed by atoms with Gasteiger partial charge in [0.1, 0.15) is 6.54 Å². The number of pyridine rings is 2. The lowest BCUT2D eigenvalue weighted by Crippen LogP contribution is -2.39. The minimum atomic E-state index is -4.41. The largest absolute Gasteiger partial charge is 0.408 e. The summed E-state index contributed by atoms with van der Waals surface area (Å²) in [7, 11) is 0. The molecule has 3 aromatic rings. The van der Waals surface area contributed by atoms with Gasteiger partial charge in [0.05, 0.1) is 34.4 Å². The summed E-state index contributed by atoms with van der Waals surface area (Å²) >= 11 is 0. The van der Waals surface area contributed by atoms with Crippen LogP contribution in [0.4, 0.5) is 18.9 Å². The second kappa shape index (κ2) is 8.68. The molecular weight excluding hydrogens is 493 g/mol. The number of halogens is 3. The SMILES string of the molecule is Cc1cc(-c2cncc(C(NC3CC3)=C3CCC3)c2)nc2c1C(=O)N(c1cnn(CC(F)(F)F)c1)C2(C)C. The monoisotopic (exact) mass is 522 g/mol. The maximum absolute atomic E-state index is 13.5. The normalized spacial score (nSPS) is 18.4. The minimum Gasteiger partial charge on any atom is -0.382 e. The number of hydrogen-bond acceptors (Lipinski definition) is 5. The standard InChI is InChI=1S/C28H29F3N6O/c1-16-9-22(18-10-19(12-32-11-18)24(17-5-4-6-17)34-20-7-8-20)35-25-23(16)26(38)37(27(25,2)3)21-13-33-36(14-21)15-28(29,30)31/h9-14,20,34H,4-8,15H2,1-3H3. The number of aromatic nitrogens is 4. The molecule has 6 rings (SSSR count). The van der Waals surface area contributed by atoms with Gasteiger partial charge in [0, 0.05) is 41.5 Å². The van der Waals surface area contributed by atoms with Crippen molar-refractivity contribution in [1.82, 2.24) is 25.1 Å². The molecule has 0 saturated heterocycles. The average molecular weight is 523 g/mol. The van der Waals surface area contributed by atoms with E-state index in [4.69, 9.17) is 4.98 Å². The van der Waals surface area contributed by atoms with Crippen LogP contribution in [-0.4, -0.2) is 37.9 Å². The Kier molecular flexibility index (Phi) is 5.62. The highest BCUT2D eigenvalue weighted by atomic mass is 19.4. The number of rotatable bonds is 6. The highest BCUT2D eigenvalue weighted by Gasteiger charge is 2.47. The molecule has 1 aliphatic heterocycles. The van der Waals surface area contributed by atoms with Crippen LogP contribution in [0, 0.1) is 6.92 Å². The zero-order valence-electron chi connectivity index (χ0n) is 21.6. The first-order valence-corrected chi connectivity index (χ1v) is 12.9. The topological polar surface area (TPSA) is 75.9 Å². The van der Waals surface area contributed by atoms with Crippen LogP contribution < -0.4 is 10.2 Å². The van der Waals surface area contributed by atoms with E-state index < -0.39 is 18.3 Å². The Labute approximate surface area is 218 Å². The van der Waals surface area contributed by atoms with Crippen molar-refractivity contribution in [2.24, 2.45) is 0 Å². The number of carbonyl (C=O) groups excluding carboxylic acids is 1. The van der Waals surface area contributed by atoms with E-state index >= 15 is 0 Å². The van der Waals surface area contributed by atoms with Crippen molar-refractivity contribution >= 4 is 17.3 Å². The molecule has 2 aliphatic carbocycles. The van der Waals surface area contributed by atoms with Crippen LogP contribution in [-0.2, 0) is 12.1 Å². The molecule has 0 bridgehead atoms. The van der Waals surface area contributed by atoms with Crippen LogP contribution in [0.5, 0.6) is 0 Å². The van der Waals surface area contributed by atoms with Crippen LogP contribution >= 0.6 is 0 Å². The van der Waals surface area contributed by atoms with Gasteiger partial charge in [-0.3, -0.25) is 19.4 Å². The fourth-order valence-electron chi connectivity index (χ4n) is 5.32. The van der Waals surface area contributed by atoms with Gasteiger partial charge in [-0.15, -0.1) is 0 Å². The molecule has 4 heterocycles. The Hall–Kier alpha value is -3.69. The van der Waals surface area contributed by atoms with Gasteiger partial charge in [-0.05, 0) is 76.1 Å². The third-order valence-electron chi connectivity index (χ3n) is 7.55. The van der Waals surface area contributed by atoms with E-state index in [1.54, 1.807) is 6.20 Å². The molecule has 0 atom stereocenters. The molecule has 0 spiro atoms. The quantitative estimate of drug-likeness (QED) is 0.446. The minimum absolute atomic E-state index is 0.300. The fourth-order valence-corrected chi connectivity index (χ4v) is 5.32. The summed E-state index contributed by atoms with van der Waals surface area (Å²) in [5.41, 5.74) is 6.43. The summed E-state index contributed by atoms with van der Waals surface area (Å²) in [6.07, 6.45) is 7.58. The van der Waals surface area contributed by atoms with Crippen LogP contribution in [0.2, 0.25) is 0 Å². The Morgan fingerprint density at radius 3 is 2.58 bits per heavy atom. The number of aryl methyl sites for hydroxylation is 1. The Balaban J connectivity index is 1.36. The summed E-state index contributed by atoms with van der Waals surface area (Å²) < 4.78 is 39.4. The van der Waals surface area contributed by atoms with E-state index in [2.05, 4.69) is 21.5 Å². The molecule has 2 fully saturated rings. The Bertz CT molecular complexity index is 1460. The predicted molar refractivity (Wildman–Crippen MR) is 137 cm³/mol. The van der Waals surface area contributed by atoms with E-state index in [1.807, 2.05) is 33.0 Å². The molecule has 1 N–H and O–H groups in total. The number of anilines is 1. The molecule has 10 heteroatoms. The van der Waals surface area contributed by atoms with Crippen molar-refractivity contribution in [3.8, 4) is 11.3 Å². The molecule has 2 saturated carbocycles. The van der Waals surface area contributed by atoms with Gasteiger partial charge >= 0.3 is 6.18 Å². The van der Waals surface area contributed by atoms with Crippen LogP contribution in [0.15, 0.2) is 42.5 Å². The summed E-state index contributed by atoms with van der Waals surface area (Å²) in [6, 6.07) is 4.51. The molecule has 0 aromatic carbocycles. The van der Waals surface area contributed by atoms with Gasteiger partial charge in [0.25, 0.3) is 5.91 Å². The van der Waals surface area contributed by atoms with Crippen molar-refractivity contribution < 1.29 is 18.0 Å². The third-order valence-corrected chi connectivity index (χ3v) is 7.55. The molecule has 0 unspecified atom stereocenters. The maximum atomic E-state index is 13.5. The lowest BCUT2D eigenvalue weighted by Gasteiger charge is -2.30. The van der Waals surface area contributed by atoms with Gasteiger partial charge in [0.2, 0.25) is 0 Å². The highest BCUT2D eigenvalue weighted by Crippen LogP contribution is 2.43. The maximum Gasteiger partial charge on any atom is 0.408 e. The van der Waals surface area contributed by atoms with Crippen LogP contribution in [0.3, 0.4) is 0 Å². The van der Waals surface area contributed by atoms with Crippen molar-refractivity contribution in [1.29, 1.82) is 0 Å². The van der Waals surface area contributed by atoms with Crippen molar-refractivity contribution in [3.63, 3.8) is 0 Å². The molecule has 1 amide bonds. The van der Waals surface area contributed by atoms with Crippen molar-refractivity contribution in [2.45, 2.75) is 77.2 Å². The van der Waals surface area contributed by atoms with E-state index in [0.29, 0.717) is 28.7 Å². The van der Waals surface area contributed by atoms with Crippen LogP contribution in [0.1, 0.15) is 73.1 Å². The lowest BCUT2D eigenvalue weighted by molar-refractivity contribution is -0.142. The lowest BCUT2D eigenvalue weighted by atomic mass is 9.88. The van der Waals surface area contributed by atoms with E-state index in [-0.39, 0.29) is 5.91 Å². The molecule has 7 nitrogen and oxygen atoms in total. The van der Waals surface area contributed by atoms with Gasteiger partial charge in [0.15, 0.2) is 0 Å². The molecule has 3 aliphatic rings. The first-order valence-electron chi connectivity index (χ1n) is 12.9. The Morgan fingerprint density at radius 1 is 1.16 bits per heavy atom. The molecule has 38 heavy (non-hydrogen) atoms. The number of hydrogen-bond donors (Lipinski definition) is 1. The zero-order valence-corrected chi connectivity index (χ0v) is 21.6. The highest BCUT2D eigenvalue weighted by molar-refractivity contribution is 6.12. The summed E-state index contributed by atoms with van der Waals surface area (Å²) in [5.74, 6) is -0.300. The fraction of sp³-hybridized carbons (Fsp3) is 0.429. The van der Waals surface area contributed by atoms with Crippen molar-refractivity contribution in [3.05, 3.63) is 64.9 Å². The van der Waals surface area contributed by atoms with E-state index in [0.717, 1.165) is 34.2 Å². The van der Waals surface area contributed by atoms with E-state index in [1.165, 1.54) is 47.8 Å². The second-order valence-corrected chi connectivity index (χ2v) is 11.0. The summed E-state index contributed by atoms with van der Waals surface area (Å²) in [5, 5.41) is 7.53. The summed E-state index contributed by atoms with van der Waals surface area (Å²) in [6.45, 7) is 4.34. The first kappa shape index (κ1) is 24.6. The zero-order chi connectivity index (χ0) is 26.8. The first-order chi connectivity index (χ1) is 18.0. The third kappa shape index (κ3) is 4.35.